The molecule has 7 heteroatoms. The molecule has 1 amide bonds. The lowest BCUT2D eigenvalue weighted by Gasteiger charge is -2.09. The molecule has 4 nitrogen and oxygen atoms in total. The standard InChI is InChI=1S/C17H15Cl3N2O2/c18-9-16(24)22-7-6-21-10-11-2-1-3-13(17(11)20)14-8-12(19)4-5-15(14)23/h1-5,8,10,23H,6-7,9H2,(H,22,24). The Labute approximate surface area is 155 Å². The quantitative estimate of drug-likeness (QED) is 0.446. The molecular formula is C17H15Cl3N2O2. The van der Waals surface area contributed by atoms with Crippen LogP contribution in [0.15, 0.2) is 41.4 Å². The SMILES string of the molecule is O=C(CCl)NCCN=Cc1cccc(-c2cc(Cl)ccc2O)c1Cl. The van der Waals surface area contributed by atoms with Crippen LogP contribution in [-0.4, -0.2) is 36.2 Å². The van der Waals surface area contributed by atoms with Gasteiger partial charge in [-0.3, -0.25) is 9.79 Å². The number of carbonyl (C=O) groups excluding carboxylic acids is 1. The molecule has 0 unspecified atom stereocenters. The van der Waals surface area contributed by atoms with Gasteiger partial charge in [0.15, 0.2) is 0 Å². The van der Waals surface area contributed by atoms with Crippen molar-refractivity contribution in [2.45, 2.75) is 0 Å². The molecule has 0 fully saturated rings. The Hall–Kier alpha value is -1.75. The summed E-state index contributed by atoms with van der Waals surface area (Å²) in [5, 5.41) is 13.6. The first-order valence-electron chi connectivity index (χ1n) is 7.13. The van der Waals surface area contributed by atoms with Gasteiger partial charge >= 0.3 is 0 Å². The molecule has 0 bridgehead atoms. The van der Waals surface area contributed by atoms with Crippen LogP contribution in [0.3, 0.4) is 0 Å². The second kappa shape index (κ2) is 8.92. The third-order valence-corrected chi connectivity index (χ3v) is 4.09. The Balaban J connectivity index is 2.16. The van der Waals surface area contributed by atoms with Gasteiger partial charge in [0.05, 0.1) is 11.6 Å². The van der Waals surface area contributed by atoms with E-state index in [4.69, 9.17) is 34.8 Å². The highest BCUT2D eigenvalue weighted by molar-refractivity contribution is 6.36. The number of phenols is 1. The maximum Gasteiger partial charge on any atom is 0.234 e. The Bertz CT molecular complexity index is 763. The number of aromatic hydroxyl groups is 1. The minimum Gasteiger partial charge on any atom is -0.507 e. The first-order chi connectivity index (χ1) is 11.5. The molecule has 0 saturated heterocycles. The maximum absolute atomic E-state index is 11.0. The van der Waals surface area contributed by atoms with E-state index in [1.165, 1.54) is 6.07 Å². The van der Waals surface area contributed by atoms with Crippen molar-refractivity contribution in [3.05, 3.63) is 52.0 Å². The van der Waals surface area contributed by atoms with Crippen molar-refractivity contribution in [1.29, 1.82) is 0 Å². The van der Waals surface area contributed by atoms with E-state index in [9.17, 15) is 9.90 Å². The van der Waals surface area contributed by atoms with Gasteiger partial charge in [0.1, 0.15) is 11.6 Å². The van der Waals surface area contributed by atoms with Gasteiger partial charge in [-0.2, -0.15) is 0 Å². The lowest BCUT2D eigenvalue weighted by Crippen LogP contribution is -2.26. The Morgan fingerprint density at radius 1 is 1.21 bits per heavy atom. The second-order valence-electron chi connectivity index (χ2n) is 4.89. The third-order valence-electron chi connectivity index (χ3n) is 3.19. The van der Waals surface area contributed by atoms with E-state index in [2.05, 4.69) is 10.3 Å². The van der Waals surface area contributed by atoms with E-state index in [-0.39, 0.29) is 17.5 Å². The van der Waals surface area contributed by atoms with Crippen molar-refractivity contribution >= 4 is 46.9 Å². The predicted octanol–water partition coefficient (Wildman–Crippen LogP) is 4.14. The highest BCUT2D eigenvalue weighted by Crippen LogP contribution is 2.37. The van der Waals surface area contributed by atoms with E-state index in [0.717, 1.165) is 0 Å². The van der Waals surface area contributed by atoms with Crippen LogP contribution in [0.1, 0.15) is 5.56 Å². The molecule has 24 heavy (non-hydrogen) atoms. The predicted molar refractivity (Wildman–Crippen MR) is 99.8 cm³/mol. The van der Waals surface area contributed by atoms with Crippen molar-refractivity contribution < 1.29 is 9.90 Å². The van der Waals surface area contributed by atoms with Gasteiger partial charge < -0.3 is 10.4 Å². The van der Waals surface area contributed by atoms with Crippen LogP contribution in [0.5, 0.6) is 5.75 Å². The average molecular weight is 386 g/mol. The minimum atomic E-state index is -0.233. The fraction of sp³-hybridized carbons (Fsp3) is 0.176. The number of aliphatic imine (C=N–C) groups is 1. The number of hydrogen-bond acceptors (Lipinski definition) is 3. The molecule has 2 aromatic rings. The topological polar surface area (TPSA) is 61.7 Å². The monoisotopic (exact) mass is 384 g/mol. The van der Waals surface area contributed by atoms with Crippen LogP contribution in [-0.2, 0) is 4.79 Å². The number of alkyl halides is 1. The molecule has 0 aliphatic heterocycles. The van der Waals surface area contributed by atoms with E-state index < -0.39 is 0 Å². The summed E-state index contributed by atoms with van der Waals surface area (Å²) in [6.07, 6.45) is 1.63. The summed E-state index contributed by atoms with van der Waals surface area (Å²) in [7, 11) is 0. The third kappa shape index (κ3) is 4.87. The van der Waals surface area contributed by atoms with E-state index in [1.54, 1.807) is 24.4 Å². The van der Waals surface area contributed by atoms with Crippen molar-refractivity contribution in [2.24, 2.45) is 4.99 Å². The van der Waals surface area contributed by atoms with Crippen LogP contribution in [0.2, 0.25) is 10.0 Å². The number of halogens is 3. The molecule has 2 aromatic carbocycles. The summed E-state index contributed by atoms with van der Waals surface area (Å²) in [4.78, 5) is 15.2. The summed E-state index contributed by atoms with van der Waals surface area (Å²) in [6.45, 7) is 0.806. The molecular weight excluding hydrogens is 371 g/mol. The van der Waals surface area contributed by atoms with Crippen molar-refractivity contribution in [3.8, 4) is 16.9 Å². The number of carbonyl (C=O) groups is 1. The van der Waals surface area contributed by atoms with Gasteiger partial charge in [0, 0.05) is 34.5 Å². The molecule has 0 radical (unpaired) electrons. The highest BCUT2D eigenvalue weighted by Gasteiger charge is 2.11. The zero-order valence-corrected chi connectivity index (χ0v) is 14.9. The second-order valence-corrected chi connectivity index (χ2v) is 5.97. The number of hydrogen-bond donors (Lipinski definition) is 2. The Kier molecular flexibility index (Phi) is 6.91. The van der Waals surface area contributed by atoms with Crippen molar-refractivity contribution in [1.82, 2.24) is 5.32 Å². The summed E-state index contributed by atoms with van der Waals surface area (Å²) in [5.41, 5.74) is 1.92. The van der Waals surface area contributed by atoms with Crippen LogP contribution >= 0.6 is 34.8 Å². The van der Waals surface area contributed by atoms with Crippen LogP contribution in [0.4, 0.5) is 0 Å². The van der Waals surface area contributed by atoms with Crippen LogP contribution < -0.4 is 5.32 Å². The lowest BCUT2D eigenvalue weighted by molar-refractivity contribution is -0.118. The zero-order valence-electron chi connectivity index (χ0n) is 12.6. The summed E-state index contributed by atoms with van der Waals surface area (Å²) in [5.74, 6) is -0.205. The molecule has 0 atom stereocenters. The van der Waals surface area contributed by atoms with Gasteiger partial charge in [-0.05, 0) is 18.2 Å². The van der Waals surface area contributed by atoms with Crippen LogP contribution in [0.25, 0.3) is 11.1 Å². The van der Waals surface area contributed by atoms with Crippen molar-refractivity contribution in [3.63, 3.8) is 0 Å². The summed E-state index contributed by atoms with van der Waals surface area (Å²) >= 11 is 17.8. The lowest BCUT2D eigenvalue weighted by atomic mass is 10.0. The Morgan fingerprint density at radius 2 is 2.00 bits per heavy atom. The number of phenolic OH excluding ortho intramolecular Hbond substituents is 1. The summed E-state index contributed by atoms with van der Waals surface area (Å²) in [6, 6.07) is 10.2. The summed E-state index contributed by atoms with van der Waals surface area (Å²) < 4.78 is 0. The fourth-order valence-corrected chi connectivity index (χ4v) is 2.59. The fourth-order valence-electron chi connectivity index (χ4n) is 2.05. The molecule has 0 aliphatic carbocycles. The molecule has 126 valence electrons. The first-order valence-corrected chi connectivity index (χ1v) is 8.42. The molecule has 0 spiro atoms. The smallest absolute Gasteiger partial charge is 0.234 e. The number of nitrogens with one attached hydrogen (secondary N) is 1. The zero-order chi connectivity index (χ0) is 17.5. The normalized spacial score (nSPS) is 11.0. The van der Waals surface area contributed by atoms with E-state index in [1.807, 2.05) is 12.1 Å². The number of amides is 1. The van der Waals surface area contributed by atoms with Gasteiger partial charge in [-0.25, -0.2) is 0 Å². The number of rotatable bonds is 6. The van der Waals surface area contributed by atoms with Gasteiger partial charge in [-0.1, -0.05) is 41.4 Å². The molecule has 2 rings (SSSR count). The maximum atomic E-state index is 11.0. The number of benzene rings is 2. The molecule has 0 aliphatic rings. The Morgan fingerprint density at radius 3 is 2.75 bits per heavy atom. The van der Waals surface area contributed by atoms with Gasteiger partial charge in [0.25, 0.3) is 0 Å². The average Bonchev–Trinajstić information content (AvgIpc) is 2.58. The van der Waals surface area contributed by atoms with Gasteiger partial charge in [-0.15, -0.1) is 11.6 Å². The molecule has 0 saturated carbocycles. The van der Waals surface area contributed by atoms with Crippen LogP contribution in [0, 0.1) is 0 Å². The largest absolute Gasteiger partial charge is 0.507 e. The van der Waals surface area contributed by atoms with E-state index in [0.29, 0.717) is 39.8 Å². The number of nitrogens with zero attached hydrogens (tertiary/aromatic N) is 1. The van der Waals surface area contributed by atoms with Gasteiger partial charge in [0.2, 0.25) is 5.91 Å². The highest BCUT2D eigenvalue weighted by atomic mass is 35.5. The molecule has 2 N–H and O–H groups in total. The first kappa shape index (κ1) is 18.6. The van der Waals surface area contributed by atoms with Crippen molar-refractivity contribution in [2.75, 3.05) is 19.0 Å². The van der Waals surface area contributed by atoms with E-state index >= 15 is 0 Å². The molecule has 0 aromatic heterocycles. The minimum absolute atomic E-state index is 0.0687. The molecule has 0 heterocycles.